The van der Waals surface area contributed by atoms with Crippen LogP contribution in [-0.2, 0) is 0 Å². The molecule has 0 radical (unpaired) electrons. The lowest BCUT2D eigenvalue weighted by Gasteiger charge is -2.26. The molecule has 0 amide bonds. The predicted octanol–water partition coefficient (Wildman–Crippen LogP) is 2.94. The molecule has 0 bridgehead atoms. The molecule has 3 heteroatoms. The highest BCUT2D eigenvalue weighted by Crippen LogP contribution is 2.30. The molecule has 0 aliphatic carbocycles. The molecular weight excluding hydrogens is 232 g/mol. The van der Waals surface area contributed by atoms with Crippen molar-refractivity contribution in [2.75, 3.05) is 6.61 Å². The van der Waals surface area contributed by atoms with Crippen LogP contribution >= 0.6 is 11.8 Å². The third kappa shape index (κ3) is 4.70. The fourth-order valence-corrected chi connectivity index (χ4v) is 3.16. The average Bonchev–Trinajstić information content (AvgIpc) is 2.37. The van der Waals surface area contributed by atoms with Crippen molar-refractivity contribution < 1.29 is 10.2 Å². The van der Waals surface area contributed by atoms with Gasteiger partial charge in [0.25, 0.3) is 0 Å². The number of thioether (sulfide) groups is 1. The maximum absolute atomic E-state index is 10.2. The summed E-state index contributed by atoms with van der Waals surface area (Å²) in [5.74, 6) is -0.0669. The smallest absolute Gasteiger partial charge is 0.0709 e. The first kappa shape index (κ1) is 14.6. The molecule has 0 saturated heterocycles. The molecule has 17 heavy (non-hydrogen) atoms. The summed E-state index contributed by atoms with van der Waals surface area (Å²) in [4.78, 5) is 1.18. The van der Waals surface area contributed by atoms with Gasteiger partial charge < -0.3 is 10.2 Å². The van der Waals surface area contributed by atoms with E-state index < -0.39 is 6.10 Å². The van der Waals surface area contributed by atoms with Gasteiger partial charge in [0.2, 0.25) is 0 Å². The Balaban J connectivity index is 2.66. The number of aliphatic hydroxyl groups is 2. The van der Waals surface area contributed by atoms with Gasteiger partial charge in [-0.25, -0.2) is 0 Å². The molecule has 0 heterocycles. The Kier molecular flexibility index (Phi) is 6.63. The van der Waals surface area contributed by atoms with E-state index in [1.165, 1.54) is 4.90 Å². The summed E-state index contributed by atoms with van der Waals surface area (Å²) in [6, 6.07) is 10.1. The van der Waals surface area contributed by atoms with Crippen molar-refractivity contribution in [1.82, 2.24) is 0 Å². The molecule has 2 N–H and O–H groups in total. The zero-order valence-corrected chi connectivity index (χ0v) is 11.4. The van der Waals surface area contributed by atoms with Gasteiger partial charge in [-0.3, -0.25) is 0 Å². The van der Waals surface area contributed by atoms with E-state index in [0.717, 1.165) is 12.8 Å². The molecule has 96 valence electrons. The second-order valence-electron chi connectivity index (χ2n) is 4.41. The molecular formula is C14H22O2S. The lowest BCUT2D eigenvalue weighted by atomic mass is 10.0. The highest BCUT2D eigenvalue weighted by Gasteiger charge is 2.24. The highest BCUT2D eigenvalue weighted by atomic mass is 32.2. The summed E-state index contributed by atoms with van der Waals surface area (Å²) in [6.07, 6.45) is 1.55. The Morgan fingerprint density at radius 2 is 1.88 bits per heavy atom. The highest BCUT2D eigenvalue weighted by molar-refractivity contribution is 8.00. The zero-order valence-electron chi connectivity index (χ0n) is 10.5. The Morgan fingerprint density at radius 1 is 1.24 bits per heavy atom. The third-order valence-electron chi connectivity index (χ3n) is 2.86. The van der Waals surface area contributed by atoms with Crippen LogP contribution in [0.1, 0.15) is 26.7 Å². The lowest BCUT2D eigenvalue weighted by molar-refractivity contribution is 0.0734. The Bertz CT molecular complexity index is 302. The second-order valence-corrected chi connectivity index (χ2v) is 5.72. The molecule has 0 unspecified atom stereocenters. The number of benzene rings is 1. The molecule has 0 aromatic heterocycles. The molecule has 1 aromatic carbocycles. The zero-order chi connectivity index (χ0) is 12.7. The minimum atomic E-state index is -0.454. The molecule has 0 spiro atoms. The lowest BCUT2D eigenvalue weighted by Crippen LogP contribution is -2.31. The minimum absolute atomic E-state index is 0.0384. The molecule has 3 atom stereocenters. The largest absolute Gasteiger partial charge is 0.396 e. The van der Waals surface area contributed by atoms with Crippen molar-refractivity contribution in [3.63, 3.8) is 0 Å². The van der Waals surface area contributed by atoms with Crippen molar-refractivity contribution >= 4 is 11.8 Å². The van der Waals surface area contributed by atoms with Gasteiger partial charge in [0.15, 0.2) is 0 Å². The molecule has 0 aliphatic rings. The first-order chi connectivity index (χ1) is 8.19. The van der Waals surface area contributed by atoms with E-state index in [9.17, 15) is 5.11 Å². The number of hydrogen-bond donors (Lipinski definition) is 2. The van der Waals surface area contributed by atoms with Crippen molar-refractivity contribution in [3.8, 4) is 0 Å². The van der Waals surface area contributed by atoms with Gasteiger partial charge in [-0.15, -0.1) is 11.8 Å². The summed E-state index contributed by atoms with van der Waals surface area (Å²) >= 11 is 1.70. The summed E-state index contributed by atoms with van der Waals surface area (Å²) in [5.41, 5.74) is 0. The predicted molar refractivity (Wildman–Crippen MR) is 73.3 cm³/mol. The van der Waals surface area contributed by atoms with E-state index in [-0.39, 0.29) is 17.8 Å². The SMILES string of the molecule is CCC[C@@H](Sc1ccccc1)[C@H](O)[C@H](C)CO. The molecule has 1 rings (SSSR count). The first-order valence-electron chi connectivity index (χ1n) is 6.19. The van der Waals surface area contributed by atoms with Gasteiger partial charge in [0, 0.05) is 22.7 Å². The van der Waals surface area contributed by atoms with Crippen molar-refractivity contribution in [2.45, 2.75) is 42.9 Å². The van der Waals surface area contributed by atoms with E-state index in [4.69, 9.17) is 5.11 Å². The standard InChI is InChI=1S/C14H22O2S/c1-3-7-13(14(16)11(2)10-15)17-12-8-5-4-6-9-12/h4-6,8-9,11,13-16H,3,7,10H2,1-2H3/t11-,13-,14-/m1/s1. The maximum atomic E-state index is 10.2. The van der Waals surface area contributed by atoms with Gasteiger partial charge in [-0.2, -0.15) is 0 Å². The third-order valence-corrected chi connectivity index (χ3v) is 4.22. The molecule has 2 nitrogen and oxygen atoms in total. The van der Waals surface area contributed by atoms with E-state index in [2.05, 4.69) is 19.1 Å². The normalized spacial score (nSPS) is 16.5. The molecule has 0 aliphatic heterocycles. The van der Waals surface area contributed by atoms with Crippen LogP contribution in [-0.4, -0.2) is 28.2 Å². The second kappa shape index (κ2) is 7.75. The van der Waals surface area contributed by atoms with Gasteiger partial charge in [0.05, 0.1) is 6.10 Å². The summed E-state index contributed by atoms with van der Waals surface area (Å²) in [6.45, 7) is 4.05. The van der Waals surface area contributed by atoms with Crippen LogP contribution in [0.5, 0.6) is 0 Å². The summed E-state index contributed by atoms with van der Waals surface area (Å²) in [7, 11) is 0. The van der Waals surface area contributed by atoms with E-state index in [1.54, 1.807) is 11.8 Å². The number of hydrogen-bond acceptors (Lipinski definition) is 3. The van der Waals surface area contributed by atoms with Crippen molar-refractivity contribution in [1.29, 1.82) is 0 Å². The number of aliphatic hydroxyl groups excluding tert-OH is 2. The van der Waals surface area contributed by atoms with Crippen LogP contribution in [0.2, 0.25) is 0 Å². The van der Waals surface area contributed by atoms with Crippen LogP contribution in [0.15, 0.2) is 35.2 Å². The van der Waals surface area contributed by atoms with Gasteiger partial charge in [-0.1, -0.05) is 38.5 Å². The van der Waals surface area contributed by atoms with Gasteiger partial charge >= 0.3 is 0 Å². The minimum Gasteiger partial charge on any atom is -0.396 e. The first-order valence-corrected chi connectivity index (χ1v) is 7.07. The molecule has 0 saturated carbocycles. The van der Waals surface area contributed by atoms with Crippen molar-refractivity contribution in [2.24, 2.45) is 5.92 Å². The van der Waals surface area contributed by atoms with Crippen LogP contribution in [0, 0.1) is 5.92 Å². The molecule has 0 fully saturated rings. The quantitative estimate of drug-likeness (QED) is 0.735. The van der Waals surface area contributed by atoms with Crippen LogP contribution < -0.4 is 0 Å². The Morgan fingerprint density at radius 3 is 2.41 bits per heavy atom. The van der Waals surface area contributed by atoms with Crippen LogP contribution in [0.4, 0.5) is 0 Å². The fourth-order valence-electron chi connectivity index (χ4n) is 1.73. The topological polar surface area (TPSA) is 40.5 Å². The maximum Gasteiger partial charge on any atom is 0.0709 e. The number of rotatable bonds is 7. The summed E-state index contributed by atoms with van der Waals surface area (Å²) < 4.78 is 0. The average molecular weight is 254 g/mol. The monoisotopic (exact) mass is 254 g/mol. The Hall–Kier alpha value is -0.510. The van der Waals surface area contributed by atoms with E-state index >= 15 is 0 Å². The van der Waals surface area contributed by atoms with Gasteiger partial charge in [0.1, 0.15) is 0 Å². The Labute approximate surface area is 108 Å². The summed E-state index contributed by atoms with van der Waals surface area (Å²) in [5, 5.41) is 19.5. The van der Waals surface area contributed by atoms with E-state index in [1.807, 2.05) is 25.1 Å². The molecule has 1 aromatic rings. The van der Waals surface area contributed by atoms with E-state index in [0.29, 0.717) is 0 Å². The van der Waals surface area contributed by atoms with Crippen molar-refractivity contribution in [3.05, 3.63) is 30.3 Å². The van der Waals surface area contributed by atoms with Crippen LogP contribution in [0.3, 0.4) is 0 Å². The van der Waals surface area contributed by atoms with Crippen LogP contribution in [0.25, 0.3) is 0 Å². The fraction of sp³-hybridized carbons (Fsp3) is 0.571. The van der Waals surface area contributed by atoms with Gasteiger partial charge in [-0.05, 0) is 18.6 Å².